The zero-order chi connectivity index (χ0) is 15.0. The van der Waals surface area contributed by atoms with E-state index in [9.17, 15) is 10.2 Å². The molecule has 20 heavy (non-hydrogen) atoms. The first kappa shape index (κ1) is 15.1. The van der Waals surface area contributed by atoms with Crippen molar-refractivity contribution in [1.29, 1.82) is 0 Å². The van der Waals surface area contributed by atoms with Crippen LogP contribution in [0.3, 0.4) is 0 Å². The van der Waals surface area contributed by atoms with Crippen molar-refractivity contribution < 1.29 is 14.9 Å². The zero-order valence-corrected chi connectivity index (χ0v) is 12.9. The molecule has 0 amide bonds. The summed E-state index contributed by atoms with van der Waals surface area (Å²) in [5, 5.41) is 19.7. The van der Waals surface area contributed by atoms with Gasteiger partial charge in [-0.05, 0) is 43.2 Å². The molecule has 3 nitrogen and oxygen atoms in total. The van der Waals surface area contributed by atoms with E-state index in [0.29, 0.717) is 5.56 Å². The highest BCUT2D eigenvalue weighted by Gasteiger charge is 2.18. The molecule has 0 heterocycles. The van der Waals surface area contributed by atoms with Crippen molar-refractivity contribution >= 4 is 34.8 Å². The predicted octanol–water partition coefficient (Wildman–Crippen LogP) is 5.47. The van der Waals surface area contributed by atoms with Gasteiger partial charge in [0, 0.05) is 0 Å². The highest BCUT2D eigenvalue weighted by Crippen LogP contribution is 2.46. The van der Waals surface area contributed by atoms with E-state index in [-0.39, 0.29) is 38.1 Å². The maximum atomic E-state index is 9.71. The molecule has 0 aliphatic rings. The zero-order valence-electron chi connectivity index (χ0n) is 10.7. The number of aryl methyl sites for hydroxylation is 2. The Bertz CT molecular complexity index is 658. The molecule has 2 aromatic carbocycles. The summed E-state index contributed by atoms with van der Waals surface area (Å²) in [6, 6.07) is 4.58. The quantitative estimate of drug-likeness (QED) is 0.766. The van der Waals surface area contributed by atoms with E-state index in [0.717, 1.165) is 5.56 Å². The molecule has 106 valence electrons. The summed E-state index contributed by atoms with van der Waals surface area (Å²) < 4.78 is 5.58. The van der Waals surface area contributed by atoms with Crippen LogP contribution in [0.2, 0.25) is 15.1 Å². The third-order valence-electron chi connectivity index (χ3n) is 2.70. The highest BCUT2D eigenvalue weighted by atomic mass is 35.5. The van der Waals surface area contributed by atoms with Gasteiger partial charge in [0.25, 0.3) is 0 Å². The van der Waals surface area contributed by atoms with Crippen LogP contribution < -0.4 is 4.74 Å². The number of benzene rings is 2. The van der Waals surface area contributed by atoms with Crippen LogP contribution in [-0.4, -0.2) is 10.2 Å². The predicted molar refractivity (Wildman–Crippen MR) is 80.8 cm³/mol. The van der Waals surface area contributed by atoms with Crippen molar-refractivity contribution in [2.45, 2.75) is 13.8 Å². The molecule has 0 saturated carbocycles. The summed E-state index contributed by atoms with van der Waals surface area (Å²) in [5.74, 6) is 0.0538. The molecule has 2 rings (SSSR count). The number of phenols is 2. The summed E-state index contributed by atoms with van der Waals surface area (Å²) in [4.78, 5) is 0. The Morgan fingerprint density at radius 2 is 1.45 bits per heavy atom. The molecule has 6 heteroatoms. The summed E-state index contributed by atoms with van der Waals surface area (Å²) in [5.41, 5.74) is 1.36. The standard InChI is InChI=1S/C14H11Cl3O3/c1-6-3-8(18)12(16)10(4-6)20-14-11(15)7(2)5-9(19)13(14)17/h3-5,18-19H,1-2H3. The maximum absolute atomic E-state index is 9.71. The van der Waals surface area contributed by atoms with Gasteiger partial charge in [-0.25, -0.2) is 0 Å². The molecule has 0 unspecified atom stereocenters. The lowest BCUT2D eigenvalue weighted by atomic mass is 10.2. The smallest absolute Gasteiger partial charge is 0.168 e. The first-order chi connectivity index (χ1) is 9.31. The van der Waals surface area contributed by atoms with E-state index in [1.165, 1.54) is 12.1 Å². The topological polar surface area (TPSA) is 49.7 Å². The minimum absolute atomic E-state index is 0.0161. The van der Waals surface area contributed by atoms with Crippen LogP contribution >= 0.6 is 34.8 Å². The second-order valence-corrected chi connectivity index (χ2v) is 5.50. The Balaban J connectivity index is 2.56. The average molecular weight is 334 g/mol. The van der Waals surface area contributed by atoms with Gasteiger partial charge in [0.05, 0.1) is 5.02 Å². The summed E-state index contributed by atoms with van der Waals surface area (Å²) >= 11 is 18.1. The monoisotopic (exact) mass is 332 g/mol. The van der Waals surface area contributed by atoms with E-state index in [1.54, 1.807) is 19.9 Å². The number of aromatic hydroxyl groups is 2. The Labute approximate surface area is 131 Å². The molecule has 0 aromatic heterocycles. The number of ether oxygens (including phenoxy) is 1. The molecular formula is C14H11Cl3O3. The molecular weight excluding hydrogens is 323 g/mol. The molecule has 0 spiro atoms. The van der Waals surface area contributed by atoms with E-state index in [2.05, 4.69) is 0 Å². The van der Waals surface area contributed by atoms with Gasteiger partial charge in [0.2, 0.25) is 0 Å². The van der Waals surface area contributed by atoms with Crippen molar-refractivity contribution in [3.05, 3.63) is 44.4 Å². The van der Waals surface area contributed by atoms with Crippen LogP contribution in [0.1, 0.15) is 11.1 Å². The van der Waals surface area contributed by atoms with Crippen LogP contribution in [0, 0.1) is 13.8 Å². The Hall–Kier alpha value is -1.29. The molecule has 0 aliphatic heterocycles. The van der Waals surface area contributed by atoms with E-state index >= 15 is 0 Å². The molecule has 2 aromatic rings. The third-order valence-corrected chi connectivity index (χ3v) is 3.91. The van der Waals surface area contributed by atoms with Gasteiger partial charge < -0.3 is 14.9 Å². The second kappa shape index (κ2) is 5.60. The lowest BCUT2D eigenvalue weighted by Crippen LogP contribution is -1.91. The Morgan fingerprint density at radius 3 is 2.10 bits per heavy atom. The minimum atomic E-state index is -0.142. The van der Waals surface area contributed by atoms with Crippen LogP contribution in [-0.2, 0) is 0 Å². The normalized spacial score (nSPS) is 10.7. The molecule has 0 fully saturated rings. The van der Waals surface area contributed by atoms with Gasteiger partial charge in [0.1, 0.15) is 27.3 Å². The number of phenolic OH excluding ortho intramolecular Hbond substituents is 2. The molecule has 0 atom stereocenters. The highest BCUT2D eigenvalue weighted by molar-refractivity contribution is 6.38. The summed E-state index contributed by atoms with van der Waals surface area (Å²) in [6.07, 6.45) is 0. The Kier molecular flexibility index (Phi) is 4.23. The molecule has 0 radical (unpaired) electrons. The SMILES string of the molecule is Cc1cc(O)c(Cl)c(Oc2c(Cl)c(C)cc(O)c2Cl)c1. The van der Waals surface area contributed by atoms with Crippen LogP contribution in [0.25, 0.3) is 0 Å². The number of rotatable bonds is 2. The molecule has 0 saturated heterocycles. The van der Waals surface area contributed by atoms with Crippen LogP contribution in [0.5, 0.6) is 23.0 Å². The fraction of sp³-hybridized carbons (Fsp3) is 0.143. The van der Waals surface area contributed by atoms with Gasteiger partial charge in [-0.2, -0.15) is 0 Å². The van der Waals surface area contributed by atoms with E-state index < -0.39 is 0 Å². The first-order valence-corrected chi connectivity index (χ1v) is 6.79. The summed E-state index contributed by atoms with van der Waals surface area (Å²) in [6.45, 7) is 3.49. The van der Waals surface area contributed by atoms with E-state index in [1.807, 2.05) is 0 Å². The van der Waals surface area contributed by atoms with E-state index in [4.69, 9.17) is 39.5 Å². The number of halogens is 3. The second-order valence-electron chi connectivity index (χ2n) is 4.37. The van der Waals surface area contributed by atoms with Gasteiger partial charge in [-0.3, -0.25) is 0 Å². The fourth-order valence-corrected chi connectivity index (χ4v) is 2.29. The fourth-order valence-electron chi connectivity index (χ4n) is 1.71. The van der Waals surface area contributed by atoms with Crippen molar-refractivity contribution in [1.82, 2.24) is 0 Å². The van der Waals surface area contributed by atoms with Gasteiger partial charge >= 0.3 is 0 Å². The average Bonchev–Trinajstić information content (AvgIpc) is 2.37. The maximum Gasteiger partial charge on any atom is 0.168 e. The van der Waals surface area contributed by atoms with Crippen molar-refractivity contribution in [3.63, 3.8) is 0 Å². The number of hydrogen-bond acceptors (Lipinski definition) is 3. The lowest BCUT2D eigenvalue weighted by molar-refractivity contribution is 0.446. The molecule has 2 N–H and O–H groups in total. The minimum Gasteiger partial charge on any atom is -0.506 e. The van der Waals surface area contributed by atoms with Crippen molar-refractivity contribution in [2.24, 2.45) is 0 Å². The first-order valence-electron chi connectivity index (χ1n) is 5.65. The largest absolute Gasteiger partial charge is 0.506 e. The van der Waals surface area contributed by atoms with Gasteiger partial charge in [-0.15, -0.1) is 0 Å². The lowest BCUT2D eigenvalue weighted by Gasteiger charge is -2.14. The molecule has 0 aliphatic carbocycles. The van der Waals surface area contributed by atoms with Crippen LogP contribution in [0.15, 0.2) is 18.2 Å². The number of hydrogen-bond donors (Lipinski definition) is 2. The Morgan fingerprint density at radius 1 is 0.850 bits per heavy atom. The third kappa shape index (κ3) is 2.75. The van der Waals surface area contributed by atoms with Gasteiger partial charge in [0.15, 0.2) is 5.75 Å². The van der Waals surface area contributed by atoms with Gasteiger partial charge in [-0.1, -0.05) is 34.8 Å². The van der Waals surface area contributed by atoms with Crippen LogP contribution in [0.4, 0.5) is 0 Å². The van der Waals surface area contributed by atoms with Crippen molar-refractivity contribution in [2.75, 3.05) is 0 Å². The summed E-state index contributed by atoms with van der Waals surface area (Å²) in [7, 11) is 0. The molecule has 0 bridgehead atoms. The van der Waals surface area contributed by atoms with Crippen molar-refractivity contribution in [3.8, 4) is 23.0 Å².